The molecule has 3 nitrogen and oxygen atoms in total. The molecule has 6 aromatic carbocycles. The summed E-state index contributed by atoms with van der Waals surface area (Å²) in [6, 6.07) is 68.1. The number of aromatic nitrogens is 2. The summed E-state index contributed by atoms with van der Waals surface area (Å²) in [6.45, 7) is 0. The Labute approximate surface area is 317 Å². The monoisotopic (exact) mass is 693 g/mol. The van der Waals surface area contributed by atoms with E-state index < -0.39 is 0 Å². The molecule has 0 N–H and O–H groups in total. The molecule has 0 spiro atoms. The maximum atomic E-state index is 4.66. The lowest BCUT2D eigenvalue weighted by atomic mass is 9.85. The van der Waals surface area contributed by atoms with E-state index in [1.54, 1.807) is 0 Å². The van der Waals surface area contributed by atoms with Crippen LogP contribution in [0.5, 0.6) is 0 Å². The number of nitrogens with zero attached hydrogens (tertiary/aromatic N) is 3. The Morgan fingerprint density at radius 3 is 1.13 bits per heavy atom. The maximum Gasteiger partial charge on any atom is 0.0892 e. The summed E-state index contributed by atoms with van der Waals surface area (Å²) in [4.78, 5) is 11.6. The van der Waals surface area contributed by atoms with Crippen molar-refractivity contribution in [1.29, 1.82) is 0 Å². The Morgan fingerprint density at radius 2 is 0.685 bits per heavy atom. The van der Waals surface area contributed by atoms with E-state index in [1.807, 2.05) is 36.7 Å². The van der Waals surface area contributed by atoms with Crippen LogP contribution in [0.25, 0.3) is 35.7 Å². The molecule has 54 heavy (non-hydrogen) atoms. The number of hydrogen-bond acceptors (Lipinski definition) is 3. The summed E-state index contributed by atoms with van der Waals surface area (Å²) in [7, 11) is 0. The topological polar surface area (TPSA) is 29.0 Å². The van der Waals surface area contributed by atoms with E-state index in [1.165, 1.54) is 16.7 Å². The zero-order valence-electron chi connectivity index (χ0n) is 29.9. The average molecular weight is 694 g/mol. The van der Waals surface area contributed by atoms with Gasteiger partial charge in [-0.05, 0) is 99.6 Å². The number of rotatable bonds is 11. The van der Waals surface area contributed by atoms with E-state index in [2.05, 4.69) is 209 Å². The predicted molar refractivity (Wildman–Crippen MR) is 227 cm³/mol. The van der Waals surface area contributed by atoms with Crippen molar-refractivity contribution >= 4 is 41.4 Å². The van der Waals surface area contributed by atoms with Crippen molar-refractivity contribution in [2.24, 2.45) is 0 Å². The summed E-state index contributed by atoms with van der Waals surface area (Å²) < 4.78 is 0. The van der Waals surface area contributed by atoms with Crippen LogP contribution in [-0.2, 0) is 0 Å². The van der Waals surface area contributed by atoms with Crippen LogP contribution >= 0.6 is 0 Å². The van der Waals surface area contributed by atoms with E-state index in [0.29, 0.717) is 0 Å². The first-order chi connectivity index (χ1) is 26.8. The second kappa shape index (κ2) is 16.5. The fourth-order valence-corrected chi connectivity index (χ4v) is 6.77. The second-order valence-electron chi connectivity index (χ2n) is 13.1. The van der Waals surface area contributed by atoms with Gasteiger partial charge in [0, 0.05) is 35.4 Å². The lowest BCUT2D eigenvalue weighted by Crippen LogP contribution is -2.09. The molecule has 2 aromatic heterocycles. The van der Waals surface area contributed by atoms with Crippen LogP contribution in [0.1, 0.15) is 44.9 Å². The summed E-state index contributed by atoms with van der Waals surface area (Å²) in [5, 5.41) is 0. The molecule has 2 heterocycles. The van der Waals surface area contributed by atoms with Crippen molar-refractivity contribution < 1.29 is 0 Å². The van der Waals surface area contributed by atoms with Crippen LogP contribution < -0.4 is 4.90 Å². The molecule has 8 rings (SSSR count). The molecule has 0 aliphatic heterocycles. The summed E-state index contributed by atoms with van der Waals surface area (Å²) >= 11 is 0. The quantitative estimate of drug-likeness (QED) is 0.126. The zero-order chi connectivity index (χ0) is 36.4. The summed E-state index contributed by atoms with van der Waals surface area (Å²) in [5.41, 5.74) is 13.2. The van der Waals surface area contributed by atoms with E-state index in [9.17, 15) is 0 Å². The molecule has 0 radical (unpaired) electrons. The van der Waals surface area contributed by atoms with Crippen molar-refractivity contribution in [3.8, 4) is 11.4 Å². The van der Waals surface area contributed by atoms with Crippen LogP contribution in [0.3, 0.4) is 0 Å². The molecule has 3 heteroatoms. The van der Waals surface area contributed by atoms with Crippen molar-refractivity contribution in [2.45, 2.75) is 5.92 Å². The Hall–Kier alpha value is -7.10. The molecular formula is C51H39N3. The van der Waals surface area contributed by atoms with Gasteiger partial charge in [0.05, 0.1) is 11.4 Å². The Balaban J connectivity index is 0.962. The van der Waals surface area contributed by atoms with Crippen LogP contribution in [-0.4, -0.2) is 9.97 Å². The molecule has 0 saturated heterocycles. The van der Waals surface area contributed by atoms with Crippen LogP contribution in [0.4, 0.5) is 17.1 Å². The number of anilines is 3. The highest BCUT2D eigenvalue weighted by molar-refractivity contribution is 5.78. The van der Waals surface area contributed by atoms with Gasteiger partial charge in [-0.15, -0.1) is 0 Å². The smallest absolute Gasteiger partial charge is 0.0892 e. The van der Waals surface area contributed by atoms with E-state index >= 15 is 0 Å². The first-order valence-electron chi connectivity index (χ1n) is 18.3. The fraction of sp³-hybridized carbons (Fsp3) is 0.0196. The van der Waals surface area contributed by atoms with Gasteiger partial charge in [0.1, 0.15) is 0 Å². The van der Waals surface area contributed by atoms with E-state index in [4.69, 9.17) is 0 Å². The minimum atomic E-state index is 0.183. The largest absolute Gasteiger partial charge is 0.311 e. The third kappa shape index (κ3) is 8.17. The first kappa shape index (κ1) is 34.0. The lowest BCUT2D eigenvalue weighted by molar-refractivity contribution is 0.977. The van der Waals surface area contributed by atoms with Gasteiger partial charge in [-0.25, -0.2) is 0 Å². The molecule has 0 aliphatic carbocycles. The number of hydrogen-bond donors (Lipinski definition) is 0. The third-order valence-electron chi connectivity index (χ3n) is 9.48. The van der Waals surface area contributed by atoms with Crippen molar-refractivity contribution in [1.82, 2.24) is 9.97 Å². The van der Waals surface area contributed by atoms with Crippen molar-refractivity contribution in [3.63, 3.8) is 0 Å². The highest BCUT2D eigenvalue weighted by Gasteiger charge is 2.16. The zero-order valence-corrected chi connectivity index (χ0v) is 29.9. The fourth-order valence-electron chi connectivity index (χ4n) is 6.77. The third-order valence-corrected chi connectivity index (χ3v) is 9.48. The Kier molecular flexibility index (Phi) is 10.4. The second-order valence-corrected chi connectivity index (χ2v) is 13.1. The van der Waals surface area contributed by atoms with Gasteiger partial charge in [-0.3, -0.25) is 9.97 Å². The Morgan fingerprint density at radius 1 is 0.333 bits per heavy atom. The summed E-state index contributed by atoms with van der Waals surface area (Å²) in [5.74, 6) is 0.183. The van der Waals surface area contributed by atoms with Crippen LogP contribution in [0.15, 0.2) is 207 Å². The van der Waals surface area contributed by atoms with Crippen LogP contribution in [0.2, 0.25) is 0 Å². The number of benzene rings is 6. The van der Waals surface area contributed by atoms with Gasteiger partial charge >= 0.3 is 0 Å². The average Bonchev–Trinajstić information content (AvgIpc) is 3.25. The van der Waals surface area contributed by atoms with E-state index in [0.717, 1.165) is 50.7 Å². The van der Waals surface area contributed by atoms with Gasteiger partial charge in [0.15, 0.2) is 0 Å². The minimum Gasteiger partial charge on any atom is -0.311 e. The molecule has 0 amide bonds. The standard InChI is InChI=1S/C51H39N3/c1-5-13-43(14-6-1)51(44-15-7-2-8-16-44)45-29-25-39(26-30-45)21-23-41-33-35-52-49(37-41)50-38-42(34-36-53-50)24-22-40-27-31-48(32-28-40)54(46-17-9-3-10-18-46)47-19-11-4-12-20-47/h1-38,51H/b23-21+,24-22+. The SMILES string of the molecule is C(=C\c1ccnc(-c2cc(/C=C/c3ccc(N(c4ccccc4)c4ccccc4)cc3)ccn2)c1)/c1ccc(C(c2ccccc2)c2ccccc2)cc1. The van der Waals surface area contributed by atoms with Crippen molar-refractivity contribution in [3.05, 3.63) is 245 Å². The molecule has 0 unspecified atom stereocenters. The van der Waals surface area contributed by atoms with E-state index in [-0.39, 0.29) is 5.92 Å². The molecule has 0 fully saturated rings. The van der Waals surface area contributed by atoms with Crippen LogP contribution in [0, 0.1) is 0 Å². The lowest BCUT2D eigenvalue weighted by Gasteiger charge is -2.25. The van der Waals surface area contributed by atoms with Gasteiger partial charge in [0.25, 0.3) is 0 Å². The predicted octanol–water partition coefficient (Wildman–Crippen LogP) is 13.1. The number of pyridine rings is 2. The number of para-hydroxylation sites is 2. The molecular weight excluding hydrogens is 655 g/mol. The molecule has 0 atom stereocenters. The van der Waals surface area contributed by atoms with Gasteiger partial charge in [-0.2, -0.15) is 0 Å². The first-order valence-corrected chi connectivity index (χ1v) is 18.3. The normalized spacial score (nSPS) is 11.4. The Bertz CT molecular complexity index is 2200. The maximum absolute atomic E-state index is 4.66. The molecule has 0 aliphatic rings. The highest BCUT2D eigenvalue weighted by atomic mass is 15.1. The highest BCUT2D eigenvalue weighted by Crippen LogP contribution is 2.35. The molecule has 0 bridgehead atoms. The minimum absolute atomic E-state index is 0.183. The molecule has 8 aromatic rings. The van der Waals surface area contributed by atoms with Gasteiger partial charge in [0.2, 0.25) is 0 Å². The molecule has 0 saturated carbocycles. The van der Waals surface area contributed by atoms with Gasteiger partial charge in [-0.1, -0.05) is 158 Å². The van der Waals surface area contributed by atoms with Gasteiger partial charge < -0.3 is 4.90 Å². The summed E-state index contributed by atoms with van der Waals surface area (Å²) in [6.07, 6.45) is 12.2. The van der Waals surface area contributed by atoms with Crippen molar-refractivity contribution in [2.75, 3.05) is 4.90 Å². The molecule has 258 valence electrons.